The number of methoxy groups -OCH3 is 2. The van der Waals surface area contributed by atoms with Crippen molar-refractivity contribution >= 4 is 89.2 Å². The Balaban J connectivity index is 0.000000207. The summed E-state index contributed by atoms with van der Waals surface area (Å²) < 4.78 is 150. The Kier molecular flexibility index (Phi) is 27.1. The van der Waals surface area contributed by atoms with E-state index in [2.05, 4.69) is 6.08 Å². The third-order valence-electron chi connectivity index (χ3n) is 27.2. The lowest BCUT2D eigenvalue weighted by atomic mass is 9.77. The zero-order valence-electron chi connectivity index (χ0n) is 70.6. The van der Waals surface area contributed by atoms with E-state index in [1.807, 2.05) is 83.0 Å². The molecule has 6 heterocycles. The van der Waals surface area contributed by atoms with Crippen molar-refractivity contribution in [2.45, 2.75) is 295 Å². The number of carbonyl (C=O) groups excluding carboxylic acids is 8. The second kappa shape index (κ2) is 36.3. The van der Waals surface area contributed by atoms with Gasteiger partial charge in [0.2, 0.25) is 68.3 Å². The average molecular weight is 1720 g/mol. The van der Waals surface area contributed by atoms with Crippen LogP contribution in [0.4, 0.5) is 17.6 Å². The van der Waals surface area contributed by atoms with Crippen molar-refractivity contribution in [3.05, 3.63) is 59.9 Å². The average Bonchev–Trinajstić information content (AvgIpc) is 1.56. The molecule has 4 aromatic rings. The van der Waals surface area contributed by atoms with Crippen LogP contribution in [0.1, 0.15) is 234 Å². The predicted octanol–water partition coefficient (Wildman–Crippen LogP) is 13.2. The highest BCUT2D eigenvalue weighted by molar-refractivity contribution is 7.91. The first-order valence-electron chi connectivity index (χ1n) is 43.3. The third kappa shape index (κ3) is 19.9. The first kappa shape index (κ1) is 89.6. The molecule has 2 aromatic heterocycles. The lowest BCUT2D eigenvalue weighted by molar-refractivity contribution is -0.160. The molecule has 7 fully saturated rings. The number of Topliss-reactive ketones (excluding diaryl/α,β-unsaturated/α-hetero) is 2. The van der Waals surface area contributed by atoms with Crippen molar-refractivity contribution in [1.29, 1.82) is 0 Å². The Bertz CT molecular complexity index is 4790. The molecule has 4 amide bonds. The number of benzene rings is 2. The van der Waals surface area contributed by atoms with Crippen LogP contribution in [0.5, 0.6) is 23.3 Å². The van der Waals surface area contributed by atoms with Crippen molar-refractivity contribution in [3.8, 4) is 23.3 Å². The summed E-state index contributed by atoms with van der Waals surface area (Å²) in [6, 6.07) is 8.28. The number of fused-ring (bicyclic) bond motifs is 10. The summed E-state index contributed by atoms with van der Waals surface area (Å²) in [5.41, 5.74) is -1.94. The summed E-state index contributed by atoms with van der Waals surface area (Å²) in [5, 5.41) is -1.57. The molecule has 26 nitrogen and oxygen atoms in total. The fraction of sp³-hybridized carbons (Fsp3) is 0.705. The number of aryl methyl sites for hydroxylation is 2. The topological polar surface area (TPSA) is 342 Å². The molecule has 0 spiro atoms. The fourth-order valence-corrected chi connectivity index (χ4v) is 22.2. The maximum absolute atomic E-state index is 15.1. The minimum absolute atomic E-state index is 0.0924. The first-order valence-corrected chi connectivity index (χ1v) is 46.4. The highest BCUT2D eigenvalue weighted by Crippen LogP contribution is 2.61. The summed E-state index contributed by atoms with van der Waals surface area (Å²) in [6.07, 6.45) is 8.38. The quantitative estimate of drug-likeness (QED) is 0.0531. The Morgan fingerprint density at radius 1 is 0.508 bits per heavy atom. The van der Waals surface area contributed by atoms with Gasteiger partial charge in [-0.2, -0.15) is 0 Å². The Morgan fingerprint density at radius 2 is 0.908 bits per heavy atom. The van der Waals surface area contributed by atoms with Crippen LogP contribution >= 0.6 is 0 Å². The zero-order chi connectivity index (χ0) is 86.3. The first-order chi connectivity index (χ1) is 56.9. The highest BCUT2D eigenvalue weighted by Gasteiger charge is 2.69. The van der Waals surface area contributed by atoms with Crippen LogP contribution in [-0.4, -0.2) is 181 Å². The van der Waals surface area contributed by atoms with Crippen molar-refractivity contribution < 1.29 is 101 Å². The molecule has 10 aliphatic rings. The van der Waals surface area contributed by atoms with E-state index in [4.69, 9.17) is 48.4 Å². The van der Waals surface area contributed by atoms with Crippen LogP contribution in [0, 0.1) is 69.0 Å². The van der Waals surface area contributed by atoms with E-state index in [0.29, 0.717) is 103 Å². The molecule has 14 rings (SSSR count). The number of rotatable bonds is 18. The SMILES string of the molecule is CC[C@@H]1[C@@H]2CN(C(=O)[C@H](C(C)(C)C)CC(=O)O[C@@H]3CC=CC[C@H]3CCCCCc3nc4ccc(OC)cc4nc3O2)[C@@H]1C(=O)C[C@]1(C(=O)NS(=O)(=O)C2CC2)C[C@H]1C(F)F.CC[C@@H]1[C@@H]2CN(C(=O)[C@H](C(C)(C)C)CC(=O)O[C@@H]3CCCC[C@H]3CCCCCc3nc4ccc(OC)cc4nc3O2)[C@@H]1C(=O)C[C@]1(C(=O)NS(=O)(=O)C2CC2)C[C@H]1C(F)F. The number of aromatic nitrogens is 4. The third-order valence-corrected chi connectivity index (χ3v) is 30.8. The Hall–Kier alpha value is -8.16. The molecule has 2 saturated heterocycles. The van der Waals surface area contributed by atoms with E-state index < -0.39 is 185 Å². The number of nitrogens with zero attached hydrogens (tertiary/aromatic N) is 6. The molecule has 120 heavy (non-hydrogen) atoms. The number of hydrogen-bond donors (Lipinski definition) is 2. The summed E-state index contributed by atoms with van der Waals surface area (Å²) in [5.74, 6) is -9.94. The highest BCUT2D eigenvalue weighted by atomic mass is 32.2. The van der Waals surface area contributed by atoms with Gasteiger partial charge in [0, 0.05) is 55.1 Å². The molecule has 2 aromatic carbocycles. The molecular weight excluding hydrogens is 1600 g/mol. The second-order valence-electron chi connectivity index (χ2n) is 37.5. The molecule has 658 valence electrons. The van der Waals surface area contributed by atoms with Crippen molar-refractivity contribution in [1.82, 2.24) is 39.2 Å². The van der Waals surface area contributed by atoms with Gasteiger partial charge >= 0.3 is 11.9 Å². The Morgan fingerprint density at radius 3 is 1.30 bits per heavy atom. The van der Waals surface area contributed by atoms with Crippen LogP contribution in [0.3, 0.4) is 0 Å². The molecule has 32 heteroatoms. The molecule has 0 radical (unpaired) electrons. The lowest BCUT2D eigenvalue weighted by Crippen LogP contribution is -2.50. The number of hydrogen-bond acceptors (Lipinski definition) is 22. The summed E-state index contributed by atoms with van der Waals surface area (Å²) in [6.45, 7) is 14.5. The fourth-order valence-electron chi connectivity index (χ4n) is 19.5. The minimum Gasteiger partial charge on any atom is -0.497 e. The van der Waals surface area contributed by atoms with Crippen LogP contribution in [0.15, 0.2) is 48.6 Å². The lowest BCUT2D eigenvalue weighted by Gasteiger charge is -2.36. The van der Waals surface area contributed by atoms with Gasteiger partial charge in [0.05, 0.1) is 107 Å². The van der Waals surface area contributed by atoms with E-state index in [-0.39, 0.29) is 74.6 Å². The van der Waals surface area contributed by atoms with Gasteiger partial charge in [0.15, 0.2) is 11.6 Å². The molecule has 4 aliphatic heterocycles. The van der Waals surface area contributed by atoms with Gasteiger partial charge in [-0.1, -0.05) is 99.6 Å². The number of amides is 4. The number of esters is 2. The Labute approximate surface area is 700 Å². The number of ketones is 2. The number of allylic oxidation sites excluding steroid dienone is 1. The molecule has 2 N–H and O–H groups in total. The number of alkyl halides is 4. The summed E-state index contributed by atoms with van der Waals surface area (Å²) in [4.78, 5) is 137. The number of sulfonamides is 2. The van der Waals surface area contributed by atoms with Gasteiger partial charge in [-0.25, -0.2) is 54.3 Å². The van der Waals surface area contributed by atoms with Crippen molar-refractivity contribution in [2.24, 2.45) is 69.0 Å². The maximum Gasteiger partial charge on any atom is 0.306 e. The van der Waals surface area contributed by atoms with E-state index in [9.17, 15) is 63.2 Å². The summed E-state index contributed by atoms with van der Waals surface area (Å²) in [7, 11) is -5.11. The van der Waals surface area contributed by atoms with Crippen molar-refractivity contribution in [3.63, 3.8) is 0 Å². The molecule has 16 atom stereocenters. The molecule has 0 unspecified atom stereocenters. The van der Waals surface area contributed by atoms with Gasteiger partial charge in [-0.05, 0) is 163 Å². The molecule has 5 saturated carbocycles. The second-order valence-corrected chi connectivity index (χ2v) is 41.4. The predicted molar refractivity (Wildman–Crippen MR) is 435 cm³/mol. The van der Waals surface area contributed by atoms with Gasteiger partial charge in [0.25, 0.3) is 0 Å². The van der Waals surface area contributed by atoms with E-state index in [1.165, 1.54) is 9.80 Å². The molecular formula is C88H118F4N8O18S2. The van der Waals surface area contributed by atoms with Gasteiger partial charge < -0.3 is 38.2 Å². The monoisotopic (exact) mass is 1710 g/mol. The minimum atomic E-state index is -4.11. The number of ether oxygens (including phenoxy) is 6. The van der Waals surface area contributed by atoms with Crippen LogP contribution in [-0.2, 0) is 80.7 Å². The van der Waals surface area contributed by atoms with Gasteiger partial charge in [0.1, 0.15) is 47.3 Å². The largest absolute Gasteiger partial charge is 0.497 e. The number of carbonyl (C=O) groups is 8. The smallest absolute Gasteiger partial charge is 0.306 e. The van der Waals surface area contributed by atoms with E-state index in [0.717, 1.165) is 83.5 Å². The number of halogens is 4. The zero-order valence-corrected chi connectivity index (χ0v) is 72.2. The molecule has 4 bridgehead atoms. The van der Waals surface area contributed by atoms with Gasteiger partial charge in [-0.15, -0.1) is 0 Å². The van der Waals surface area contributed by atoms with Crippen LogP contribution < -0.4 is 28.4 Å². The van der Waals surface area contributed by atoms with E-state index >= 15 is 9.59 Å². The normalized spacial score (nSPS) is 30.5. The standard InChI is InChI=1S/C44H60F2N4O9S.C44H58F2N4O9S/c2*1-6-28-36-24-50(38(28)34(51)23-44(22-30(44)39(45)46)42(54)49-60(55,56)27-17-18-27)41(53)29(43(2,3)4)21-37(52)58-35-15-11-10-13-25(35)12-8-7-9-14-32-40(59-36)48-33-20-26(57-5)16-19-31(33)47-32/h16,19-20,25,27-30,35-36,38-39H,6-15,17-18,21-24H2,1-5H3,(H,49,54);10-11,16,19-20,25,27-30,35-36,38-39H,6-9,12-15,17-18,21-24H2,1-5H3,(H,49,54)/t2*25-,28-,29-,30+,35-,36+,38+,44-/m11/s1. The number of nitrogens with one attached hydrogen (secondary N) is 2. The van der Waals surface area contributed by atoms with Crippen LogP contribution in [0.25, 0.3) is 22.1 Å². The van der Waals surface area contributed by atoms with Crippen LogP contribution in [0.2, 0.25) is 0 Å². The molecule has 6 aliphatic carbocycles. The maximum atomic E-state index is 15.1. The van der Waals surface area contributed by atoms with E-state index in [1.54, 1.807) is 38.5 Å². The van der Waals surface area contributed by atoms with Crippen molar-refractivity contribution in [2.75, 3.05) is 27.3 Å². The summed E-state index contributed by atoms with van der Waals surface area (Å²) >= 11 is 0. The van der Waals surface area contributed by atoms with Gasteiger partial charge in [-0.3, -0.25) is 47.8 Å².